The smallest absolute Gasteiger partial charge is 0.0582 e. The lowest BCUT2D eigenvalue weighted by Crippen LogP contribution is -2.18. The zero-order valence-electron chi connectivity index (χ0n) is 10.4. The second kappa shape index (κ2) is 6.42. The summed E-state index contributed by atoms with van der Waals surface area (Å²) in [6.45, 7) is 2.14. The van der Waals surface area contributed by atoms with Crippen LogP contribution in [0.5, 0.6) is 0 Å². The van der Waals surface area contributed by atoms with Crippen LogP contribution in [-0.4, -0.2) is 17.6 Å². The molecule has 1 aliphatic heterocycles. The van der Waals surface area contributed by atoms with Crippen LogP contribution in [0.15, 0.2) is 30.3 Å². The minimum absolute atomic E-state index is 0.298. The molecule has 1 saturated heterocycles. The Kier molecular flexibility index (Phi) is 4.87. The van der Waals surface area contributed by atoms with Gasteiger partial charge in [-0.05, 0) is 44.6 Å². The molecule has 0 N–H and O–H groups in total. The molecule has 1 heterocycles. The summed E-state index contributed by atoms with van der Waals surface area (Å²) in [4.78, 5) is 0. The first-order valence-corrected chi connectivity index (χ1v) is 7.01. The normalized spacial score (nSPS) is 29.9. The van der Waals surface area contributed by atoms with Crippen LogP contribution in [0.3, 0.4) is 0 Å². The van der Waals surface area contributed by atoms with Crippen LogP contribution in [0.2, 0.25) is 0 Å². The molecule has 1 aromatic carbocycles. The molecule has 0 bridgehead atoms. The molecule has 1 nitrogen and oxygen atoms in total. The van der Waals surface area contributed by atoms with E-state index in [9.17, 15) is 0 Å². The molecule has 2 rings (SSSR count). The number of rotatable bonds is 3. The molecular formula is C15H21ClO. The summed E-state index contributed by atoms with van der Waals surface area (Å²) in [5.74, 6) is 0. The van der Waals surface area contributed by atoms with Crippen LogP contribution in [0.25, 0.3) is 0 Å². The summed E-state index contributed by atoms with van der Waals surface area (Å²) in [5, 5.41) is 0.298. The summed E-state index contributed by atoms with van der Waals surface area (Å²) < 4.78 is 6.02. The van der Waals surface area contributed by atoms with E-state index in [-0.39, 0.29) is 0 Å². The Morgan fingerprint density at radius 1 is 1.24 bits per heavy atom. The summed E-state index contributed by atoms with van der Waals surface area (Å²) in [5.41, 5.74) is 1.40. The Balaban J connectivity index is 1.82. The second-order valence-electron chi connectivity index (χ2n) is 5.00. The van der Waals surface area contributed by atoms with Crippen molar-refractivity contribution in [3.63, 3.8) is 0 Å². The molecule has 0 aromatic heterocycles. The number of benzene rings is 1. The fraction of sp³-hybridized carbons (Fsp3) is 0.600. The van der Waals surface area contributed by atoms with E-state index in [0.717, 1.165) is 32.1 Å². The van der Waals surface area contributed by atoms with E-state index in [2.05, 4.69) is 37.3 Å². The third-order valence-corrected chi connectivity index (χ3v) is 3.81. The first kappa shape index (κ1) is 12.9. The molecule has 0 aliphatic carbocycles. The van der Waals surface area contributed by atoms with E-state index in [1.54, 1.807) is 0 Å². The van der Waals surface area contributed by atoms with Crippen molar-refractivity contribution in [2.24, 2.45) is 0 Å². The molecule has 1 aromatic rings. The van der Waals surface area contributed by atoms with E-state index in [1.165, 1.54) is 5.56 Å². The molecule has 0 spiro atoms. The predicted octanol–water partition coefficient (Wildman–Crippen LogP) is 4.18. The van der Waals surface area contributed by atoms with Gasteiger partial charge in [0, 0.05) is 5.38 Å². The van der Waals surface area contributed by atoms with Crippen molar-refractivity contribution in [1.82, 2.24) is 0 Å². The average molecular weight is 253 g/mol. The fourth-order valence-corrected chi connectivity index (χ4v) is 2.86. The first-order valence-electron chi connectivity index (χ1n) is 6.57. The van der Waals surface area contributed by atoms with Gasteiger partial charge in [0.2, 0.25) is 0 Å². The monoisotopic (exact) mass is 252 g/mol. The summed E-state index contributed by atoms with van der Waals surface area (Å²) in [6, 6.07) is 10.6. The third-order valence-electron chi connectivity index (χ3n) is 3.41. The van der Waals surface area contributed by atoms with Crippen molar-refractivity contribution in [3.8, 4) is 0 Å². The highest BCUT2D eigenvalue weighted by molar-refractivity contribution is 6.20. The van der Waals surface area contributed by atoms with Gasteiger partial charge < -0.3 is 4.74 Å². The van der Waals surface area contributed by atoms with Gasteiger partial charge in [-0.2, -0.15) is 0 Å². The Morgan fingerprint density at radius 2 is 2.00 bits per heavy atom. The molecule has 17 heavy (non-hydrogen) atoms. The van der Waals surface area contributed by atoms with Gasteiger partial charge in [-0.15, -0.1) is 11.6 Å². The van der Waals surface area contributed by atoms with Crippen LogP contribution in [0.1, 0.15) is 38.2 Å². The van der Waals surface area contributed by atoms with E-state index in [4.69, 9.17) is 16.3 Å². The first-order chi connectivity index (χ1) is 8.24. The summed E-state index contributed by atoms with van der Waals surface area (Å²) in [7, 11) is 0. The Morgan fingerprint density at radius 3 is 2.76 bits per heavy atom. The van der Waals surface area contributed by atoms with Crippen LogP contribution in [0, 0.1) is 0 Å². The molecule has 2 heteroatoms. The lowest BCUT2D eigenvalue weighted by molar-refractivity contribution is -0.00175. The molecule has 0 amide bonds. The summed E-state index contributed by atoms with van der Waals surface area (Å²) in [6.07, 6.45) is 6.08. The molecule has 0 radical (unpaired) electrons. The second-order valence-corrected chi connectivity index (χ2v) is 5.62. The topological polar surface area (TPSA) is 9.23 Å². The van der Waals surface area contributed by atoms with Crippen LogP contribution < -0.4 is 0 Å². The number of ether oxygens (including phenoxy) is 1. The van der Waals surface area contributed by atoms with Crippen molar-refractivity contribution in [2.45, 2.75) is 56.6 Å². The van der Waals surface area contributed by atoms with E-state index >= 15 is 0 Å². The molecule has 1 aliphatic rings. The zero-order valence-corrected chi connectivity index (χ0v) is 11.2. The fourth-order valence-electron chi connectivity index (χ4n) is 2.48. The van der Waals surface area contributed by atoms with Crippen LogP contribution in [-0.2, 0) is 11.2 Å². The maximum atomic E-state index is 6.22. The minimum Gasteiger partial charge on any atom is -0.375 e. The maximum absolute atomic E-state index is 6.22. The van der Waals surface area contributed by atoms with Gasteiger partial charge in [-0.1, -0.05) is 30.3 Å². The minimum atomic E-state index is 0.298. The van der Waals surface area contributed by atoms with Crippen LogP contribution >= 0.6 is 11.6 Å². The lowest BCUT2D eigenvalue weighted by Gasteiger charge is -2.18. The highest BCUT2D eigenvalue weighted by Gasteiger charge is 2.22. The van der Waals surface area contributed by atoms with Gasteiger partial charge in [-0.25, -0.2) is 0 Å². The van der Waals surface area contributed by atoms with Crippen molar-refractivity contribution in [2.75, 3.05) is 0 Å². The highest BCUT2D eigenvalue weighted by Crippen LogP contribution is 2.25. The lowest BCUT2D eigenvalue weighted by atomic mass is 10.0. The van der Waals surface area contributed by atoms with Gasteiger partial charge in [0.1, 0.15) is 0 Å². The third kappa shape index (κ3) is 4.33. The standard InChI is InChI=1S/C15H21ClO/c1-12-11-14(16)8-10-15(17-12)9-7-13-5-3-2-4-6-13/h2-6,12,14-15H,7-11H2,1H3. The number of aryl methyl sites for hydroxylation is 1. The highest BCUT2D eigenvalue weighted by atomic mass is 35.5. The number of alkyl halides is 1. The molecule has 0 saturated carbocycles. The number of halogens is 1. The molecule has 94 valence electrons. The average Bonchev–Trinajstić information content (AvgIpc) is 2.49. The quantitative estimate of drug-likeness (QED) is 0.734. The van der Waals surface area contributed by atoms with Gasteiger partial charge in [0.25, 0.3) is 0 Å². The molecule has 3 unspecified atom stereocenters. The van der Waals surface area contributed by atoms with E-state index in [1.807, 2.05) is 0 Å². The SMILES string of the molecule is CC1CC(Cl)CCC(CCc2ccccc2)O1. The van der Waals surface area contributed by atoms with Gasteiger partial charge in [0.05, 0.1) is 12.2 Å². The van der Waals surface area contributed by atoms with E-state index < -0.39 is 0 Å². The Hall–Kier alpha value is -0.530. The van der Waals surface area contributed by atoms with Gasteiger partial charge in [-0.3, -0.25) is 0 Å². The zero-order chi connectivity index (χ0) is 12.1. The summed E-state index contributed by atoms with van der Waals surface area (Å²) >= 11 is 6.22. The Bertz CT molecular complexity index is 325. The van der Waals surface area contributed by atoms with Crippen molar-refractivity contribution in [1.29, 1.82) is 0 Å². The molecular weight excluding hydrogens is 232 g/mol. The van der Waals surface area contributed by atoms with Crippen molar-refractivity contribution in [3.05, 3.63) is 35.9 Å². The van der Waals surface area contributed by atoms with E-state index in [0.29, 0.717) is 17.6 Å². The predicted molar refractivity (Wildman–Crippen MR) is 72.6 cm³/mol. The Labute approximate surface area is 109 Å². The van der Waals surface area contributed by atoms with Gasteiger partial charge >= 0.3 is 0 Å². The molecule has 3 atom stereocenters. The largest absolute Gasteiger partial charge is 0.375 e. The maximum Gasteiger partial charge on any atom is 0.0582 e. The van der Waals surface area contributed by atoms with Crippen LogP contribution in [0.4, 0.5) is 0 Å². The van der Waals surface area contributed by atoms with Crippen molar-refractivity contribution < 1.29 is 4.74 Å². The van der Waals surface area contributed by atoms with Crippen molar-refractivity contribution >= 4 is 11.6 Å². The number of hydrogen-bond acceptors (Lipinski definition) is 1. The molecule has 1 fully saturated rings. The number of hydrogen-bond donors (Lipinski definition) is 0. The van der Waals surface area contributed by atoms with Gasteiger partial charge in [0.15, 0.2) is 0 Å².